The molecule has 0 atom stereocenters. The number of nitrogens with zero attached hydrogens (tertiary/aromatic N) is 1. The van der Waals surface area contributed by atoms with Crippen molar-refractivity contribution in [2.24, 2.45) is 0 Å². The number of aryl methyl sites for hydroxylation is 1. The highest BCUT2D eigenvalue weighted by Crippen LogP contribution is 2.29. The summed E-state index contributed by atoms with van der Waals surface area (Å²) in [6, 6.07) is 8.58. The average Bonchev–Trinajstić information content (AvgIpc) is 3.23. The quantitative estimate of drug-likeness (QED) is 0.610. The zero-order valence-corrected chi connectivity index (χ0v) is 13.4. The number of carbonyl (C=O) groups excluding carboxylic acids is 1. The fourth-order valence-electron chi connectivity index (χ4n) is 2.20. The van der Waals surface area contributed by atoms with Crippen LogP contribution in [-0.4, -0.2) is 17.9 Å². The lowest BCUT2D eigenvalue weighted by atomic mass is 10.2. The molecule has 0 radical (unpaired) electrons. The van der Waals surface area contributed by atoms with Crippen molar-refractivity contribution in [2.45, 2.75) is 20.5 Å². The van der Waals surface area contributed by atoms with Gasteiger partial charge >= 0.3 is 0 Å². The van der Waals surface area contributed by atoms with Gasteiger partial charge in [-0.2, -0.15) is 0 Å². The summed E-state index contributed by atoms with van der Waals surface area (Å²) in [5.74, 6) is 2.70. The lowest BCUT2D eigenvalue weighted by molar-refractivity contribution is 0.112. The normalized spacial score (nSPS) is 10.6. The molecule has 0 amide bonds. The van der Waals surface area contributed by atoms with Crippen molar-refractivity contribution in [3.8, 4) is 23.1 Å². The molecule has 0 unspecified atom stereocenters. The number of oxazole rings is 1. The van der Waals surface area contributed by atoms with Gasteiger partial charge in [-0.15, -0.1) is 0 Å². The molecule has 0 fully saturated rings. The smallest absolute Gasteiger partial charge is 0.263 e. The van der Waals surface area contributed by atoms with Gasteiger partial charge in [0.05, 0.1) is 12.9 Å². The summed E-state index contributed by atoms with van der Waals surface area (Å²) < 4.78 is 22.2. The van der Waals surface area contributed by atoms with E-state index in [2.05, 4.69) is 4.98 Å². The van der Waals surface area contributed by atoms with Gasteiger partial charge in [-0.25, -0.2) is 4.98 Å². The Hall–Kier alpha value is -3.02. The number of carbonyl (C=O) groups is 1. The number of benzene rings is 1. The maximum atomic E-state index is 10.9. The summed E-state index contributed by atoms with van der Waals surface area (Å²) in [5.41, 5.74) is 1.20. The Balaban J connectivity index is 1.77. The summed E-state index contributed by atoms with van der Waals surface area (Å²) >= 11 is 0. The first-order chi connectivity index (χ1) is 11.7. The minimum Gasteiger partial charge on any atom is -0.490 e. The maximum Gasteiger partial charge on any atom is 0.263 e. The van der Waals surface area contributed by atoms with Crippen LogP contribution in [0.15, 0.2) is 45.4 Å². The molecular weight excluding hydrogens is 310 g/mol. The number of ether oxygens (including phenoxy) is 2. The number of aldehydes is 1. The van der Waals surface area contributed by atoms with Gasteiger partial charge in [-0.1, -0.05) is 0 Å². The Bertz CT molecular complexity index is 820. The largest absolute Gasteiger partial charge is 0.490 e. The molecule has 3 rings (SSSR count). The highest BCUT2D eigenvalue weighted by Gasteiger charge is 2.15. The highest BCUT2D eigenvalue weighted by molar-refractivity contribution is 5.76. The molecule has 6 heteroatoms. The third-order valence-corrected chi connectivity index (χ3v) is 3.39. The van der Waals surface area contributed by atoms with Crippen molar-refractivity contribution in [3.63, 3.8) is 0 Å². The zero-order valence-electron chi connectivity index (χ0n) is 13.4. The minimum atomic E-state index is 0.219. The molecule has 0 spiro atoms. The predicted octanol–water partition coefficient (Wildman–Crippen LogP) is 4.03. The number of furan rings is 1. The first-order valence-corrected chi connectivity index (χ1v) is 7.56. The topological polar surface area (TPSA) is 74.7 Å². The molecule has 6 nitrogen and oxygen atoms in total. The van der Waals surface area contributed by atoms with Crippen LogP contribution in [0, 0.1) is 6.92 Å². The van der Waals surface area contributed by atoms with E-state index in [4.69, 9.17) is 18.3 Å². The van der Waals surface area contributed by atoms with Crippen LogP contribution in [-0.2, 0) is 6.61 Å². The summed E-state index contributed by atoms with van der Waals surface area (Å²) in [5, 5.41) is 0. The molecular formula is C18H17NO5. The first kappa shape index (κ1) is 15.9. The van der Waals surface area contributed by atoms with Crippen LogP contribution in [0.3, 0.4) is 0 Å². The number of rotatable bonds is 7. The van der Waals surface area contributed by atoms with E-state index in [1.807, 2.05) is 13.8 Å². The molecule has 124 valence electrons. The number of aromatic nitrogens is 1. The summed E-state index contributed by atoms with van der Waals surface area (Å²) in [4.78, 5) is 15.3. The monoisotopic (exact) mass is 327 g/mol. The van der Waals surface area contributed by atoms with Gasteiger partial charge in [0, 0.05) is 5.56 Å². The van der Waals surface area contributed by atoms with E-state index in [0.29, 0.717) is 46.8 Å². The first-order valence-electron chi connectivity index (χ1n) is 7.56. The molecule has 1 aromatic carbocycles. The van der Waals surface area contributed by atoms with Crippen molar-refractivity contribution in [1.29, 1.82) is 0 Å². The molecule has 3 aromatic rings. The van der Waals surface area contributed by atoms with Crippen molar-refractivity contribution >= 4 is 6.29 Å². The maximum absolute atomic E-state index is 10.9. The second-order valence-electron chi connectivity index (χ2n) is 5.04. The van der Waals surface area contributed by atoms with Crippen LogP contribution in [0.4, 0.5) is 0 Å². The standard InChI is InChI=1S/C18H17NO5/c1-3-21-17-9-13(10-20)6-7-15(17)23-11-14-12(2)24-18(19-14)16-5-4-8-22-16/h4-10H,3,11H2,1-2H3. The fraction of sp³-hybridized carbons (Fsp3) is 0.222. The van der Waals surface area contributed by atoms with Crippen LogP contribution in [0.2, 0.25) is 0 Å². The van der Waals surface area contributed by atoms with E-state index in [9.17, 15) is 4.79 Å². The second-order valence-corrected chi connectivity index (χ2v) is 5.04. The van der Waals surface area contributed by atoms with Gasteiger partial charge in [-0.3, -0.25) is 4.79 Å². The third kappa shape index (κ3) is 3.32. The van der Waals surface area contributed by atoms with Gasteiger partial charge in [0.1, 0.15) is 24.3 Å². The molecule has 0 aliphatic rings. The molecule has 0 bridgehead atoms. The van der Waals surface area contributed by atoms with E-state index in [1.54, 1.807) is 36.6 Å². The highest BCUT2D eigenvalue weighted by atomic mass is 16.5. The van der Waals surface area contributed by atoms with Gasteiger partial charge in [-0.05, 0) is 44.2 Å². The van der Waals surface area contributed by atoms with Crippen LogP contribution < -0.4 is 9.47 Å². The Morgan fingerprint density at radius 2 is 2.08 bits per heavy atom. The van der Waals surface area contributed by atoms with Gasteiger partial charge in [0.15, 0.2) is 17.3 Å². The SMILES string of the molecule is CCOc1cc(C=O)ccc1OCc1nc(-c2ccco2)oc1C. The van der Waals surface area contributed by atoms with E-state index in [-0.39, 0.29) is 6.61 Å². The fourth-order valence-corrected chi connectivity index (χ4v) is 2.20. The van der Waals surface area contributed by atoms with E-state index < -0.39 is 0 Å². The third-order valence-electron chi connectivity index (χ3n) is 3.39. The average molecular weight is 327 g/mol. The van der Waals surface area contributed by atoms with Crippen LogP contribution in [0.25, 0.3) is 11.7 Å². The summed E-state index contributed by atoms with van der Waals surface area (Å²) in [6.07, 6.45) is 2.33. The minimum absolute atomic E-state index is 0.219. The molecule has 24 heavy (non-hydrogen) atoms. The van der Waals surface area contributed by atoms with Crippen LogP contribution in [0.1, 0.15) is 28.7 Å². The second kappa shape index (κ2) is 7.04. The Labute approximate surface area is 139 Å². The summed E-state index contributed by atoms with van der Waals surface area (Å²) in [7, 11) is 0. The molecule has 0 saturated heterocycles. The number of hydrogen-bond donors (Lipinski definition) is 0. The Morgan fingerprint density at radius 1 is 1.21 bits per heavy atom. The van der Waals surface area contributed by atoms with Gasteiger partial charge in [0.2, 0.25) is 0 Å². The molecule has 0 N–H and O–H groups in total. The molecule has 0 aliphatic carbocycles. The van der Waals surface area contributed by atoms with Crippen molar-refractivity contribution in [2.75, 3.05) is 6.61 Å². The van der Waals surface area contributed by atoms with Gasteiger partial charge in [0.25, 0.3) is 5.89 Å². The molecule has 2 heterocycles. The van der Waals surface area contributed by atoms with Crippen molar-refractivity contribution < 1.29 is 23.1 Å². The summed E-state index contributed by atoms with van der Waals surface area (Å²) in [6.45, 7) is 4.38. The van der Waals surface area contributed by atoms with Gasteiger partial charge < -0.3 is 18.3 Å². The van der Waals surface area contributed by atoms with Crippen LogP contribution >= 0.6 is 0 Å². The van der Waals surface area contributed by atoms with E-state index in [1.165, 1.54) is 0 Å². The van der Waals surface area contributed by atoms with E-state index in [0.717, 1.165) is 6.29 Å². The molecule has 0 aliphatic heterocycles. The molecule has 2 aromatic heterocycles. The van der Waals surface area contributed by atoms with E-state index >= 15 is 0 Å². The molecule has 0 saturated carbocycles. The lowest BCUT2D eigenvalue weighted by Gasteiger charge is -2.11. The van der Waals surface area contributed by atoms with Crippen molar-refractivity contribution in [1.82, 2.24) is 4.98 Å². The Morgan fingerprint density at radius 3 is 2.79 bits per heavy atom. The number of hydrogen-bond acceptors (Lipinski definition) is 6. The van der Waals surface area contributed by atoms with Crippen LogP contribution in [0.5, 0.6) is 11.5 Å². The Kier molecular flexibility index (Phi) is 4.65. The lowest BCUT2D eigenvalue weighted by Crippen LogP contribution is -2.01. The zero-order chi connectivity index (χ0) is 16.9. The predicted molar refractivity (Wildman–Crippen MR) is 86.3 cm³/mol. The van der Waals surface area contributed by atoms with Crippen molar-refractivity contribution in [3.05, 3.63) is 53.6 Å².